The Kier molecular flexibility index (Phi) is 3.53. The van der Waals surface area contributed by atoms with Gasteiger partial charge in [0.25, 0.3) is 0 Å². The molecule has 1 heterocycles. The fraction of sp³-hybridized carbons (Fsp3) is 0.308. The fourth-order valence-corrected chi connectivity index (χ4v) is 1.81. The normalized spacial score (nSPS) is 10.9. The van der Waals surface area contributed by atoms with Crippen LogP contribution in [0.1, 0.15) is 5.69 Å². The standard InChI is InChI=1S/C13H17N3O2/c1-16(2)8-11-12(13(14)18-15-11)9-4-6-10(17-3)7-5-9/h4-7H,8,14H2,1-3H3. The number of nitrogens with zero attached hydrogens (tertiary/aromatic N) is 2. The summed E-state index contributed by atoms with van der Waals surface area (Å²) in [6.07, 6.45) is 0. The molecular weight excluding hydrogens is 230 g/mol. The van der Waals surface area contributed by atoms with E-state index in [4.69, 9.17) is 15.0 Å². The summed E-state index contributed by atoms with van der Waals surface area (Å²) < 4.78 is 10.2. The Bertz CT molecular complexity index is 518. The molecule has 0 aliphatic rings. The number of hydrogen-bond acceptors (Lipinski definition) is 5. The molecule has 1 aromatic carbocycles. The number of nitrogens with two attached hydrogens (primary N) is 1. The van der Waals surface area contributed by atoms with Gasteiger partial charge in [-0.3, -0.25) is 0 Å². The van der Waals surface area contributed by atoms with Crippen LogP contribution < -0.4 is 10.5 Å². The van der Waals surface area contributed by atoms with Crippen LogP contribution in [-0.2, 0) is 6.54 Å². The van der Waals surface area contributed by atoms with Gasteiger partial charge in [0.15, 0.2) is 0 Å². The molecule has 1 aromatic heterocycles. The molecule has 0 amide bonds. The molecule has 0 saturated heterocycles. The third-order valence-electron chi connectivity index (χ3n) is 2.63. The Morgan fingerprint density at radius 3 is 2.50 bits per heavy atom. The van der Waals surface area contributed by atoms with Crippen LogP contribution >= 0.6 is 0 Å². The van der Waals surface area contributed by atoms with Crippen molar-refractivity contribution in [1.29, 1.82) is 0 Å². The molecular formula is C13H17N3O2. The van der Waals surface area contributed by atoms with Crippen molar-refractivity contribution < 1.29 is 9.26 Å². The second-order valence-corrected chi connectivity index (χ2v) is 4.33. The van der Waals surface area contributed by atoms with E-state index in [1.165, 1.54) is 0 Å². The number of anilines is 1. The van der Waals surface area contributed by atoms with Crippen molar-refractivity contribution in [2.24, 2.45) is 0 Å². The molecule has 96 valence electrons. The summed E-state index contributed by atoms with van der Waals surface area (Å²) in [5, 5.41) is 4.00. The molecule has 0 spiro atoms. The second-order valence-electron chi connectivity index (χ2n) is 4.33. The van der Waals surface area contributed by atoms with Crippen molar-refractivity contribution in [3.8, 4) is 16.9 Å². The molecule has 0 unspecified atom stereocenters. The molecule has 0 fully saturated rings. The summed E-state index contributed by atoms with van der Waals surface area (Å²) in [4.78, 5) is 2.02. The lowest BCUT2D eigenvalue weighted by atomic mass is 10.1. The maximum Gasteiger partial charge on any atom is 0.230 e. The molecule has 18 heavy (non-hydrogen) atoms. The predicted octanol–water partition coefficient (Wildman–Crippen LogP) is 1.99. The topological polar surface area (TPSA) is 64.5 Å². The first-order chi connectivity index (χ1) is 8.61. The molecule has 5 nitrogen and oxygen atoms in total. The van der Waals surface area contributed by atoms with Crippen molar-refractivity contribution in [2.75, 3.05) is 26.9 Å². The zero-order chi connectivity index (χ0) is 13.1. The molecule has 0 radical (unpaired) electrons. The fourth-order valence-electron chi connectivity index (χ4n) is 1.81. The average molecular weight is 247 g/mol. The van der Waals surface area contributed by atoms with Crippen LogP contribution in [0.15, 0.2) is 28.8 Å². The van der Waals surface area contributed by atoms with Gasteiger partial charge in [0.2, 0.25) is 5.88 Å². The highest BCUT2D eigenvalue weighted by Gasteiger charge is 2.16. The van der Waals surface area contributed by atoms with Gasteiger partial charge < -0.3 is 19.9 Å². The van der Waals surface area contributed by atoms with E-state index >= 15 is 0 Å². The average Bonchev–Trinajstić information content (AvgIpc) is 2.70. The van der Waals surface area contributed by atoms with Crippen LogP contribution in [0.5, 0.6) is 5.75 Å². The molecule has 0 aliphatic carbocycles. The number of hydrogen-bond donors (Lipinski definition) is 1. The first-order valence-corrected chi connectivity index (χ1v) is 5.65. The minimum atomic E-state index is 0.344. The Morgan fingerprint density at radius 1 is 1.28 bits per heavy atom. The highest BCUT2D eigenvalue weighted by Crippen LogP contribution is 2.31. The Balaban J connectivity index is 2.39. The Labute approximate surface area is 106 Å². The summed E-state index contributed by atoms with van der Waals surface area (Å²) in [6, 6.07) is 7.67. The van der Waals surface area contributed by atoms with E-state index in [0.29, 0.717) is 12.4 Å². The van der Waals surface area contributed by atoms with Crippen molar-refractivity contribution in [3.63, 3.8) is 0 Å². The summed E-state index contributed by atoms with van der Waals surface area (Å²) in [5.74, 6) is 1.15. The molecule has 0 atom stereocenters. The van der Waals surface area contributed by atoms with Gasteiger partial charge in [0.1, 0.15) is 11.4 Å². The SMILES string of the molecule is COc1ccc(-c2c(CN(C)C)noc2N)cc1. The number of rotatable bonds is 4. The molecule has 0 aliphatic heterocycles. The second kappa shape index (κ2) is 5.10. The van der Waals surface area contributed by atoms with Gasteiger partial charge >= 0.3 is 0 Å². The largest absolute Gasteiger partial charge is 0.497 e. The van der Waals surface area contributed by atoms with Gasteiger partial charge in [-0.2, -0.15) is 0 Å². The van der Waals surface area contributed by atoms with Gasteiger partial charge in [-0.25, -0.2) is 0 Å². The molecule has 5 heteroatoms. The minimum absolute atomic E-state index is 0.344. The van der Waals surface area contributed by atoms with Crippen molar-refractivity contribution in [3.05, 3.63) is 30.0 Å². The summed E-state index contributed by atoms with van der Waals surface area (Å²) in [6.45, 7) is 0.683. The predicted molar refractivity (Wildman–Crippen MR) is 70.3 cm³/mol. The zero-order valence-electron chi connectivity index (χ0n) is 10.8. The minimum Gasteiger partial charge on any atom is -0.497 e. The van der Waals surface area contributed by atoms with Gasteiger partial charge in [0.05, 0.1) is 12.7 Å². The summed E-state index contributed by atoms with van der Waals surface area (Å²) >= 11 is 0. The van der Waals surface area contributed by atoms with Crippen LogP contribution in [0, 0.1) is 0 Å². The number of aromatic nitrogens is 1. The van der Waals surface area contributed by atoms with E-state index in [9.17, 15) is 0 Å². The lowest BCUT2D eigenvalue weighted by molar-refractivity contribution is 0.368. The summed E-state index contributed by atoms with van der Waals surface area (Å²) in [5.41, 5.74) is 8.51. The van der Waals surface area contributed by atoms with Crippen molar-refractivity contribution in [2.45, 2.75) is 6.54 Å². The lowest BCUT2D eigenvalue weighted by Crippen LogP contribution is -2.11. The third kappa shape index (κ3) is 2.46. The molecule has 0 bridgehead atoms. The van der Waals surface area contributed by atoms with E-state index in [0.717, 1.165) is 22.6 Å². The van der Waals surface area contributed by atoms with Gasteiger partial charge in [0, 0.05) is 6.54 Å². The number of methoxy groups -OCH3 is 1. The lowest BCUT2D eigenvalue weighted by Gasteiger charge is -2.08. The smallest absolute Gasteiger partial charge is 0.230 e. The Hall–Kier alpha value is -2.01. The Morgan fingerprint density at radius 2 is 1.94 bits per heavy atom. The number of benzene rings is 1. The van der Waals surface area contributed by atoms with Crippen LogP contribution in [0.2, 0.25) is 0 Å². The first kappa shape index (κ1) is 12.4. The van der Waals surface area contributed by atoms with Gasteiger partial charge in [-0.05, 0) is 31.8 Å². The van der Waals surface area contributed by atoms with Crippen LogP contribution in [0.3, 0.4) is 0 Å². The zero-order valence-corrected chi connectivity index (χ0v) is 10.8. The molecule has 2 N–H and O–H groups in total. The molecule has 2 aromatic rings. The third-order valence-corrected chi connectivity index (χ3v) is 2.63. The maximum absolute atomic E-state index is 5.84. The van der Waals surface area contributed by atoms with Gasteiger partial charge in [-0.1, -0.05) is 17.3 Å². The van der Waals surface area contributed by atoms with Crippen molar-refractivity contribution >= 4 is 5.88 Å². The summed E-state index contributed by atoms with van der Waals surface area (Å²) in [7, 11) is 5.59. The quantitative estimate of drug-likeness (QED) is 0.895. The van der Waals surface area contributed by atoms with Crippen LogP contribution in [0.25, 0.3) is 11.1 Å². The number of nitrogen functional groups attached to an aromatic ring is 1. The van der Waals surface area contributed by atoms with Crippen LogP contribution in [0.4, 0.5) is 5.88 Å². The first-order valence-electron chi connectivity index (χ1n) is 5.65. The molecule has 2 rings (SSSR count). The van der Waals surface area contributed by atoms with E-state index in [-0.39, 0.29) is 0 Å². The highest BCUT2D eigenvalue weighted by atomic mass is 16.5. The number of ether oxygens (including phenoxy) is 1. The molecule has 0 saturated carbocycles. The van der Waals surface area contributed by atoms with E-state index in [1.807, 2.05) is 43.3 Å². The van der Waals surface area contributed by atoms with E-state index in [1.54, 1.807) is 7.11 Å². The van der Waals surface area contributed by atoms with Crippen molar-refractivity contribution in [1.82, 2.24) is 10.1 Å². The highest BCUT2D eigenvalue weighted by molar-refractivity contribution is 5.75. The van der Waals surface area contributed by atoms with Gasteiger partial charge in [-0.15, -0.1) is 0 Å². The monoisotopic (exact) mass is 247 g/mol. The van der Waals surface area contributed by atoms with Crippen LogP contribution in [-0.4, -0.2) is 31.3 Å². The van der Waals surface area contributed by atoms with E-state index in [2.05, 4.69) is 5.16 Å². The van der Waals surface area contributed by atoms with E-state index < -0.39 is 0 Å². The maximum atomic E-state index is 5.84.